The second-order valence-electron chi connectivity index (χ2n) is 13.8. The standard InChI is InChI=1S/C19H30N4O5.C15H22N4O3.C3H6O3.3HI.V/c1-14(16(25)13-24)22-7-9-23(10-8-22)17-6-5-15(12-20-17)19(26)21-28-18-4-2-3-11-27-18;20-15(18-22-14-3-1-2-10-21-14)12-4-5-13(17-11-12)19-8-6-16-7-9-19;4-1-3(6)2-5;;;;/h5-6,12,14,16,18,24-25H,2-4,7-11,13H2,1H3,(H,21,26);4-5,11,14,16H,1-3,6-10H2,(H,18,20);1,3,5-6H,2H2;3*1H;/q;;;;;;+3/p-3. The molecule has 0 aromatic carbocycles. The molecule has 6 heterocycles. The Balaban J connectivity index is 0.000000266. The molecule has 2 amide bonds. The van der Waals surface area contributed by atoms with Crippen molar-refractivity contribution in [3.8, 4) is 0 Å². The number of halogens is 3. The number of carbonyl (C=O) groups excluding carboxylic acids is 3. The van der Waals surface area contributed by atoms with E-state index in [2.05, 4.69) is 101 Å². The summed E-state index contributed by atoms with van der Waals surface area (Å²) in [4.78, 5) is 59.1. The van der Waals surface area contributed by atoms with E-state index in [0.717, 1.165) is 103 Å². The van der Waals surface area contributed by atoms with Gasteiger partial charge in [0.05, 0.1) is 30.4 Å². The molecule has 23 heteroatoms. The predicted molar refractivity (Wildman–Crippen MR) is 245 cm³/mol. The number of piperazine rings is 2. The van der Waals surface area contributed by atoms with Crippen LogP contribution in [0.1, 0.15) is 66.2 Å². The van der Waals surface area contributed by atoms with E-state index < -0.39 is 18.8 Å². The fourth-order valence-corrected chi connectivity index (χ4v) is 6.07. The number of amides is 2. The number of hydroxylamine groups is 2. The number of anilines is 2. The van der Waals surface area contributed by atoms with E-state index in [9.17, 15) is 19.5 Å². The van der Waals surface area contributed by atoms with Gasteiger partial charge in [-0.1, -0.05) is 0 Å². The maximum atomic E-state index is 12.2. The van der Waals surface area contributed by atoms with Gasteiger partial charge in [-0.15, -0.1) is 0 Å². The molecule has 2 aromatic rings. The molecule has 0 spiro atoms. The van der Waals surface area contributed by atoms with Gasteiger partial charge in [0, 0.05) is 96.8 Å². The quantitative estimate of drug-likeness (QED) is 0.0863. The number of hydrogen-bond acceptors (Lipinski definition) is 17. The van der Waals surface area contributed by atoms with Crippen molar-refractivity contribution in [2.24, 2.45) is 0 Å². The van der Waals surface area contributed by atoms with Gasteiger partial charge in [0.2, 0.25) is 0 Å². The first kappa shape index (κ1) is 53.2. The minimum absolute atomic E-state index is 0.0840. The minimum atomic E-state index is -1.19. The van der Waals surface area contributed by atoms with E-state index in [0.29, 0.717) is 24.3 Å². The molecule has 4 saturated heterocycles. The molecule has 5 atom stereocenters. The zero-order valence-electron chi connectivity index (χ0n) is 33.6. The summed E-state index contributed by atoms with van der Waals surface area (Å²) < 4.78 is 10.8. The monoisotopic (exact) mass is 1220 g/mol. The van der Waals surface area contributed by atoms with Gasteiger partial charge in [0.1, 0.15) is 17.7 Å². The molecule has 19 nitrogen and oxygen atoms in total. The Morgan fingerprint density at radius 1 is 0.817 bits per heavy atom. The average molecular weight is 1220 g/mol. The fourth-order valence-electron chi connectivity index (χ4n) is 6.07. The van der Waals surface area contributed by atoms with Gasteiger partial charge < -0.3 is 49.8 Å². The zero-order chi connectivity index (χ0) is 43.7. The second-order valence-corrected chi connectivity index (χ2v) is 49.2. The molecule has 4 aliphatic heterocycles. The Hall–Kier alpha value is -1.12. The fraction of sp³-hybridized carbons (Fsp3) is 0.649. The first-order valence-corrected chi connectivity index (χ1v) is 33.3. The molecule has 0 aliphatic carbocycles. The van der Waals surface area contributed by atoms with Crippen LogP contribution >= 0.6 is 59.9 Å². The number of aldehydes is 1. The van der Waals surface area contributed by atoms with Crippen LogP contribution in [0.15, 0.2) is 36.7 Å². The number of aromatic nitrogens is 2. The van der Waals surface area contributed by atoms with Crippen molar-refractivity contribution < 1.29 is 58.9 Å². The van der Waals surface area contributed by atoms with Gasteiger partial charge in [0.15, 0.2) is 18.9 Å². The third-order valence-electron chi connectivity index (χ3n) is 9.61. The summed E-state index contributed by atoms with van der Waals surface area (Å²) in [5.74, 6) is 1.07. The molecule has 0 saturated carbocycles. The summed E-state index contributed by atoms with van der Waals surface area (Å²) in [6, 6.07) is 7.11. The van der Waals surface area contributed by atoms with E-state index in [4.69, 9.17) is 34.5 Å². The van der Waals surface area contributed by atoms with Crippen LogP contribution in [0.4, 0.5) is 11.6 Å². The number of pyridine rings is 2. The predicted octanol–water partition coefficient (Wildman–Crippen LogP) is 2.01. The van der Waals surface area contributed by atoms with Crippen LogP contribution < -0.4 is 26.1 Å². The summed E-state index contributed by atoms with van der Waals surface area (Å²) in [6.45, 7) is 9.40. The van der Waals surface area contributed by atoms with E-state index in [-0.39, 0.29) is 48.2 Å². The molecular formula is C37H58I3N8O11V. The van der Waals surface area contributed by atoms with E-state index in [1.54, 1.807) is 24.5 Å². The Morgan fingerprint density at radius 2 is 1.28 bits per heavy atom. The number of rotatable bonds is 13. The molecule has 6 rings (SSSR count). The molecule has 7 N–H and O–H groups in total. The summed E-state index contributed by atoms with van der Waals surface area (Å²) in [6.07, 6.45) is 6.49. The van der Waals surface area contributed by atoms with Gasteiger partial charge in [0.25, 0.3) is 11.8 Å². The van der Waals surface area contributed by atoms with Crippen LogP contribution in [0.5, 0.6) is 0 Å². The maximum absolute atomic E-state index is 12.2. The van der Waals surface area contributed by atoms with Gasteiger partial charge in [-0.3, -0.25) is 14.5 Å². The van der Waals surface area contributed by atoms with Gasteiger partial charge in [-0.25, -0.2) is 30.6 Å². The van der Waals surface area contributed by atoms with Crippen LogP contribution in [0.2, 0.25) is 0 Å². The molecule has 5 unspecified atom stereocenters. The van der Waals surface area contributed by atoms with Crippen molar-refractivity contribution in [3.05, 3.63) is 47.8 Å². The van der Waals surface area contributed by atoms with Gasteiger partial charge >= 0.3 is 64.9 Å². The Morgan fingerprint density at radius 3 is 1.63 bits per heavy atom. The van der Waals surface area contributed by atoms with Crippen LogP contribution in [0, 0.1) is 0 Å². The molecule has 338 valence electrons. The van der Waals surface area contributed by atoms with Crippen LogP contribution in [0.3, 0.4) is 0 Å². The summed E-state index contributed by atoms with van der Waals surface area (Å²) >= 11 is 7.39. The molecule has 0 radical (unpaired) electrons. The Labute approximate surface area is 389 Å². The number of nitrogens with one attached hydrogen (secondary N) is 3. The van der Waals surface area contributed by atoms with Crippen molar-refractivity contribution >= 4 is 89.7 Å². The molecular weight excluding hydrogens is 1160 g/mol. The Bertz CT molecular complexity index is 1490. The molecule has 0 bridgehead atoms. The van der Waals surface area contributed by atoms with E-state index in [1.165, 1.54) is 0 Å². The van der Waals surface area contributed by atoms with E-state index >= 15 is 0 Å². The molecule has 2 aromatic heterocycles. The Kier molecular flexibility index (Phi) is 27.4. The average Bonchev–Trinajstić information content (AvgIpc) is 3.30. The number of ether oxygens (including phenoxy) is 2. The third kappa shape index (κ3) is 20.6. The number of carbonyl (C=O) groups is 3. The zero-order valence-corrected chi connectivity index (χ0v) is 41.5. The normalized spacial score (nSPS) is 21.0. The first-order chi connectivity index (χ1) is 28.9. The summed E-state index contributed by atoms with van der Waals surface area (Å²) in [5, 5.41) is 38.1. The van der Waals surface area contributed by atoms with E-state index in [1.807, 2.05) is 19.1 Å². The van der Waals surface area contributed by atoms with Gasteiger partial charge in [-0.05, 0) is 56.9 Å². The SMILES string of the molecule is CC(C(O)CO)N1CCN(c2ccc(C(=O)NOC3CCCCO3)cn2)CC1.O=C(NOC1CCCCO1)c1ccc(N2CCNCC2)nc1.O=CC(O)CO.[I][V]([I])[I]. The van der Waals surface area contributed by atoms with Crippen molar-refractivity contribution in [1.82, 2.24) is 31.1 Å². The van der Waals surface area contributed by atoms with Crippen LogP contribution in [-0.2, 0) is 28.9 Å². The van der Waals surface area contributed by atoms with Crippen LogP contribution in [0.25, 0.3) is 0 Å². The molecule has 4 aliphatic rings. The summed E-state index contributed by atoms with van der Waals surface area (Å²) in [5.41, 5.74) is 5.78. The molecule has 60 heavy (non-hydrogen) atoms. The van der Waals surface area contributed by atoms with Crippen molar-refractivity contribution in [1.29, 1.82) is 0 Å². The van der Waals surface area contributed by atoms with Crippen molar-refractivity contribution in [2.45, 2.75) is 76.3 Å². The second kappa shape index (κ2) is 30.9. The number of nitrogens with zero attached hydrogens (tertiary/aromatic N) is 5. The molecule has 4 fully saturated rings. The number of aliphatic hydroxyl groups excluding tert-OH is 4. The van der Waals surface area contributed by atoms with Gasteiger partial charge in [-0.2, -0.15) is 0 Å². The third-order valence-corrected chi connectivity index (χ3v) is 9.61. The van der Waals surface area contributed by atoms with Crippen molar-refractivity contribution in [2.75, 3.05) is 88.6 Å². The number of hydrogen-bond donors (Lipinski definition) is 7. The van der Waals surface area contributed by atoms with Crippen molar-refractivity contribution in [3.63, 3.8) is 0 Å². The van der Waals surface area contributed by atoms with Crippen LogP contribution in [-0.4, -0.2) is 163 Å². The topological polar surface area (TPSA) is 241 Å². The summed E-state index contributed by atoms with van der Waals surface area (Å²) in [7, 11) is 0. The number of aliphatic hydroxyl groups is 4. The first-order valence-electron chi connectivity index (χ1n) is 19.8.